The van der Waals surface area contributed by atoms with E-state index in [1.807, 2.05) is 0 Å². The van der Waals surface area contributed by atoms with Crippen LogP contribution < -0.4 is 0 Å². The van der Waals surface area contributed by atoms with Gasteiger partial charge in [-0.1, -0.05) is 0 Å². The molecule has 0 aromatic heterocycles. The van der Waals surface area contributed by atoms with Gasteiger partial charge in [0, 0.05) is 19.0 Å². The molecule has 2 rings (SSSR count). The van der Waals surface area contributed by atoms with Crippen molar-refractivity contribution < 1.29 is 17.9 Å². The largest absolute Gasteiger partial charge is 0.378 e. The standard InChI is InChI=1S/C10H18ClNO4S/c11-6-9-7-15-5-3-12(9)17(13,14)8-10-2-1-4-16-10/h9-10H,1-8H2. The summed E-state index contributed by atoms with van der Waals surface area (Å²) in [7, 11) is -3.28. The molecule has 0 aliphatic carbocycles. The van der Waals surface area contributed by atoms with Crippen LogP contribution in [0.25, 0.3) is 0 Å². The fourth-order valence-electron chi connectivity index (χ4n) is 2.23. The zero-order valence-electron chi connectivity index (χ0n) is 9.68. The van der Waals surface area contributed by atoms with E-state index in [0.717, 1.165) is 12.8 Å². The minimum atomic E-state index is -3.28. The molecule has 100 valence electrons. The Bertz CT molecular complexity index is 342. The van der Waals surface area contributed by atoms with Crippen LogP contribution in [0.15, 0.2) is 0 Å². The Hall–Kier alpha value is 0.120. The number of sulfonamides is 1. The van der Waals surface area contributed by atoms with E-state index < -0.39 is 10.0 Å². The van der Waals surface area contributed by atoms with Crippen molar-refractivity contribution >= 4 is 21.6 Å². The molecule has 2 saturated heterocycles. The summed E-state index contributed by atoms with van der Waals surface area (Å²) >= 11 is 5.78. The third-order valence-electron chi connectivity index (χ3n) is 3.13. The van der Waals surface area contributed by atoms with Crippen molar-refractivity contribution in [1.82, 2.24) is 4.31 Å². The number of rotatable bonds is 4. The van der Waals surface area contributed by atoms with Crippen molar-refractivity contribution in [2.24, 2.45) is 0 Å². The lowest BCUT2D eigenvalue weighted by Crippen LogP contribution is -2.51. The van der Waals surface area contributed by atoms with Gasteiger partial charge in [-0.15, -0.1) is 11.6 Å². The molecular formula is C10H18ClNO4S. The van der Waals surface area contributed by atoms with Crippen LogP contribution >= 0.6 is 11.6 Å². The number of hydrogen-bond acceptors (Lipinski definition) is 4. The number of alkyl halides is 1. The van der Waals surface area contributed by atoms with Crippen LogP contribution in [0.5, 0.6) is 0 Å². The Kier molecular flexibility index (Phi) is 4.65. The lowest BCUT2D eigenvalue weighted by molar-refractivity contribution is 0.0395. The predicted octanol–water partition coefficient (Wildman–Crippen LogP) is 0.435. The Morgan fingerprint density at radius 3 is 2.82 bits per heavy atom. The highest BCUT2D eigenvalue weighted by atomic mass is 35.5. The van der Waals surface area contributed by atoms with Gasteiger partial charge in [0.05, 0.1) is 31.1 Å². The van der Waals surface area contributed by atoms with E-state index >= 15 is 0 Å². The van der Waals surface area contributed by atoms with Crippen molar-refractivity contribution in [3.8, 4) is 0 Å². The molecule has 0 N–H and O–H groups in total. The van der Waals surface area contributed by atoms with Gasteiger partial charge >= 0.3 is 0 Å². The molecule has 2 aliphatic rings. The van der Waals surface area contributed by atoms with Crippen LogP contribution in [-0.4, -0.2) is 62.9 Å². The number of nitrogens with zero attached hydrogens (tertiary/aromatic N) is 1. The molecule has 5 nitrogen and oxygen atoms in total. The van der Waals surface area contributed by atoms with Crippen molar-refractivity contribution in [3.05, 3.63) is 0 Å². The van der Waals surface area contributed by atoms with Crippen molar-refractivity contribution in [2.45, 2.75) is 25.0 Å². The van der Waals surface area contributed by atoms with E-state index in [1.165, 1.54) is 4.31 Å². The third kappa shape index (κ3) is 3.32. The summed E-state index contributed by atoms with van der Waals surface area (Å²) in [6.45, 7) is 1.89. The van der Waals surface area contributed by atoms with Crippen molar-refractivity contribution in [1.29, 1.82) is 0 Å². The molecule has 0 amide bonds. The molecule has 2 fully saturated rings. The summed E-state index contributed by atoms with van der Waals surface area (Å²) in [6.07, 6.45) is 1.62. The van der Waals surface area contributed by atoms with Gasteiger partial charge < -0.3 is 9.47 Å². The summed E-state index contributed by atoms with van der Waals surface area (Å²) in [4.78, 5) is 0. The maximum Gasteiger partial charge on any atom is 0.217 e. The minimum absolute atomic E-state index is 0.0698. The molecule has 2 atom stereocenters. The van der Waals surface area contributed by atoms with E-state index in [0.29, 0.717) is 26.4 Å². The molecule has 2 aliphatic heterocycles. The Labute approximate surface area is 107 Å². The summed E-state index contributed by atoms with van der Waals surface area (Å²) in [5, 5.41) is 0. The Morgan fingerprint density at radius 2 is 2.18 bits per heavy atom. The molecule has 17 heavy (non-hydrogen) atoms. The highest BCUT2D eigenvalue weighted by Gasteiger charge is 2.34. The zero-order chi connectivity index (χ0) is 12.3. The predicted molar refractivity (Wildman–Crippen MR) is 64.8 cm³/mol. The highest BCUT2D eigenvalue weighted by Crippen LogP contribution is 2.19. The van der Waals surface area contributed by atoms with Crippen LogP contribution in [-0.2, 0) is 19.5 Å². The summed E-state index contributed by atoms with van der Waals surface area (Å²) in [5.74, 6) is 0.338. The smallest absolute Gasteiger partial charge is 0.217 e. The fraction of sp³-hybridized carbons (Fsp3) is 1.00. The molecule has 0 radical (unpaired) electrons. The van der Waals surface area contributed by atoms with Crippen LogP contribution in [0.3, 0.4) is 0 Å². The molecule has 0 aromatic carbocycles. The monoisotopic (exact) mass is 283 g/mol. The molecule has 0 aromatic rings. The quantitative estimate of drug-likeness (QED) is 0.703. The van der Waals surface area contributed by atoms with Crippen molar-refractivity contribution in [2.75, 3.05) is 38.0 Å². The van der Waals surface area contributed by atoms with Gasteiger partial charge in [0.1, 0.15) is 0 Å². The number of halogens is 1. The first-order chi connectivity index (χ1) is 8.13. The van der Waals surface area contributed by atoms with Crippen LogP contribution in [0, 0.1) is 0 Å². The average Bonchev–Trinajstić information content (AvgIpc) is 2.81. The molecule has 0 saturated carbocycles. The number of ether oxygens (including phenoxy) is 2. The van der Waals surface area contributed by atoms with Gasteiger partial charge in [0.25, 0.3) is 0 Å². The fourth-order valence-corrected chi connectivity index (χ4v) is 4.44. The normalized spacial score (nSPS) is 31.8. The second-order valence-corrected chi connectivity index (χ2v) is 6.68. The van der Waals surface area contributed by atoms with Gasteiger partial charge in [-0.2, -0.15) is 4.31 Å². The molecule has 0 bridgehead atoms. The van der Waals surface area contributed by atoms with Crippen LogP contribution in [0.4, 0.5) is 0 Å². The highest BCUT2D eigenvalue weighted by molar-refractivity contribution is 7.89. The van der Waals surface area contributed by atoms with Gasteiger partial charge in [-0.3, -0.25) is 0 Å². The zero-order valence-corrected chi connectivity index (χ0v) is 11.3. The van der Waals surface area contributed by atoms with Crippen LogP contribution in [0.1, 0.15) is 12.8 Å². The molecule has 2 heterocycles. The van der Waals surface area contributed by atoms with E-state index in [4.69, 9.17) is 21.1 Å². The van der Waals surface area contributed by atoms with Gasteiger partial charge in [0.2, 0.25) is 10.0 Å². The average molecular weight is 284 g/mol. The topological polar surface area (TPSA) is 55.8 Å². The Balaban J connectivity index is 2.01. The van der Waals surface area contributed by atoms with Gasteiger partial charge in [0.15, 0.2) is 0 Å². The molecular weight excluding hydrogens is 266 g/mol. The second kappa shape index (κ2) is 5.84. The third-order valence-corrected chi connectivity index (χ3v) is 5.47. The first-order valence-electron chi connectivity index (χ1n) is 5.88. The summed E-state index contributed by atoms with van der Waals surface area (Å²) in [6, 6.07) is -0.239. The van der Waals surface area contributed by atoms with E-state index in [2.05, 4.69) is 0 Å². The maximum absolute atomic E-state index is 12.2. The lowest BCUT2D eigenvalue weighted by atomic mass is 10.3. The second-order valence-electron chi connectivity index (χ2n) is 4.41. The van der Waals surface area contributed by atoms with E-state index in [9.17, 15) is 8.42 Å². The first-order valence-corrected chi connectivity index (χ1v) is 8.02. The van der Waals surface area contributed by atoms with Gasteiger partial charge in [-0.05, 0) is 12.8 Å². The molecule has 2 unspecified atom stereocenters. The van der Waals surface area contributed by atoms with Gasteiger partial charge in [-0.25, -0.2) is 8.42 Å². The SMILES string of the molecule is O=S(=O)(CC1CCCO1)N1CCOCC1CCl. The number of hydrogen-bond donors (Lipinski definition) is 0. The molecule has 7 heteroatoms. The summed E-state index contributed by atoms with van der Waals surface area (Å²) in [5.41, 5.74) is 0. The first kappa shape index (κ1) is 13.5. The van der Waals surface area contributed by atoms with E-state index in [1.54, 1.807) is 0 Å². The maximum atomic E-state index is 12.2. The number of morpholine rings is 1. The van der Waals surface area contributed by atoms with Crippen molar-refractivity contribution in [3.63, 3.8) is 0 Å². The Morgan fingerprint density at radius 1 is 1.35 bits per heavy atom. The van der Waals surface area contributed by atoms with E-state index in [-0.39, 0.29) is 23.8 Å². The molecule has 0 spiro atoms. The minimum Gasteiger partial charge on any atom is -0.378 e. The van der Waals surface area contributed by atoms with Crippen LogP contribution in [0.2, 0.25) is 0 Å². The lowest BCUT2D eigenvalue weighted by Gasteiger charge is -2.33. The summed E-state index contributed by atoms with van der Waals surface area (Å²) < 4.78 is 36.6.